The van der Waals surface area contributed by atoms with Crippen molar-refractivity contribution in [2.45, 2.75) is 141 Å². The first-order chi connectivity index (χ1) is 19.2. The number of carbonyl (C=O) groups excluding carboxylic acids is 2. The first-order valence-corrected chi connectivity index (χ1v) is 16.3. The second-order valence-electron chi connectivity index (χ2n) is 11.1. The van der Waals surface area contributed by atoms with Gasteiger partial charge in [-0.2, -0.15) is 0 Å². The lowest BCUT2D eigenvalue weighted by Gasteiger charge is -2.19. The van der Waals surface area contributed by atoms with Crippen LogP contribution in [-0.2, 0) is 9.59 Å². The smallest absolute Gasteiger partial charge is 0.242 e. The molecule has 1 atom stereocenters. The van der Waals surface area contributed by atoms with Crippen molar-refractivity contribution < 1.29 is 9.59 Å². The third-order valence-corrected chi connectivity index (χ3v) is 7.41. The van der Waals surface area contributed by atoms with Gasteiger partial charge in [0.25, 0.3) is 0 Å². The Morgan fingerprint density at radius 1 is 0.795 bits per heavy atom. The van der Waals surface area contributed by atoms with E-state index in [-0.39, 0.29) is 11.8 Å². The summed E-state index contributed by atoms with van der Waals surface area (Å²) < 4.78 is 0. The minimum absolute atomic E-state index is 0.0789. The van der Waals surface area contributed by atoms with Gasteiger partial charge in [-0.15, -0.1) is 0 Å². The monoisotopic (exact) mass is 550 g/mol. The molecule has 0 saturated carbocycles. The summed E-state index contributed by atoms with van der Waals surface area (Å²) in [4.78, 5) is 25.0. The minimum atomic E-state index is -0.577. The summed E-state index contributed by atoms with van der Waals surface area (Å²) >= 11 is 0. The average Bonchev–Trinajstić information content (AvgIpc) is 3.45. The Bertz CT molecular complexity index is 628. The molecule has 0 spiro atoms. The Morgan fingerprint density at radius 3 is 1.90 bits per heavy atom. The van der Waals surface area contributed by atoms with Crippen molar-refractivity contribution >= 4 is 11.8 Å². The van der Waals surface area contributed by atoms with Gasteiger partial charge in [0.05, 0.1) is 6.67 Å². The van der Waals surface area contributed by atoms with E-state index in [9.17, 15) is 9.59 Å². The van der Waals surface area contributed by atoms with Crippen LogP contribution in [0.1, 0.15) is 135 Å². The summed E-state index contributed by atoms with van der Waals surface area (Å²) in [5.41, 5.74) is 6.44. The third-order valence-electron chi connectivity index (χ3n) is 7.41. The second-order valence-corrected chi connectivity index (χ2v) is 11.1. The first-order valence-electron chi connectivity index (χ1n) is 16.3. The predicted octanol–water partition coefficient (Wildman–Crippen LogP) is 4.95. The molecule has 0 aromatic heterocycles. The van der Waals surface area contributed by atoms with Gasteiger partial charge in [0.2, 0.25) is 11.8 Å². The summed E-state index contributed by atoms with van der Waals surface area (Å²) in [5.74, 6) is -0.238. The Hall–Kier alpha value is -1.80. The van der Waals surface area contributed by atoms with Gasteiger partial charge < -0.3 is 32.3 Å². The van der Waals surface area contributed by atoms with E-state index >= 15 is 0 Å². The zero-order valence-electron chi connectivity index (χ0n) is 25.2. The number of unbranched alkanes of at least 4 members (excludes halogenated alkanes) is 15. The third kappa shape index (κ3) is 21.7. The number of hydrogen-bond donors (Lipinski definition) is 6. The summed E-state index contributed by atoms with van der Waals surface area (Å²) in [6.45, 7) is 5.83. The number of amides is 2. The van der Waals surface area contributed by atoms with Crippen LogP contribution in [-0.4, -0.2) is 50.7 Å². The standard InChI is InChI=1S/C31H62N6O2/c1-2-3-4-5-6-7-8-9-10-11-12-13-14-15-16-17-22-33-23-18-20-30(38)37-29(25-28-26-34-27-36-28)31(39)35-24-19-21-32/h26,29,33-34,36H,2-25,27,32H2,1H3,(H,35,39)(H,37,38). The van der Waals surface area contributed by atoms with Crippen LogP contribution >= 0.6 is 0 Å². The van der Waals surface area contributed by atoms with Crippen LogP contribution < -0.4 is 32.3 Å². The van der Waals surface area contributed by atoms with Gasteiger partial charge >= 0.3 is 0 Å². The van der Waals surface area contributed by atoms with Crippen LogP contribution in [0.2, 0.25) is 0 Å². The van der Waals surface area contributed by atoms with Crippen molar-refractivity contribution in [3.05, 3.63) is 11.9 Å². The van der Waals surface area contributed by atoms with Crippen molar-refractivity contribution in [1.29, 1.82) is 0 Å². The van der Waals surface area contributed by atoms with Crippen molar-refractivity contribution in [3.63, 3.8) is 0 Å². The predicted molar refractivity (Wildman–Crippen MR) is 164 cm³/mol. The Morgan fingerprint density at radius 2 is 1.36 bits per heavy atom. The number of rotatable bonds is 28. The molecule has 2 amide bonds. The van der Waals surface area contributed by atoms with Crippen LogP contribution in [0.15, 0.2) is 11.9 Å². The fourth-order valence-electron chi connectivity index (χ4n) is 4.95. The molecule has 1 rings (SSSR count). The molecule has 0 aliphatic carbocycles. The maximum absolute atomic E-state index is 12.5. The number of nitrogens with one attached hydrogen (secondary N) is 5. The lowest BCUT2D eigenvalue weighted by molar-refractivity contribution is -0.129. The topological polar surface area (TPSA) is 120 Å². The second kappa shape index (κ2) is 26.4. The largest absolute Gasteiger partial charge is 0.372 e. The highest BCUT2D eigenvalue weighted by molar-refractivity contribution is 5.87. The lowest BCUT2D eigenvalue weighted by atomic mass is 10.0. The zero-order chi connectivity index (χ0) is 28.2. The van der Waals surface area contributed by atoms with E-state index in [1.165, 1.54) is 103 Å². The van der Waals surface area contributed by atoms with Gasteiger partial charge in [-0.05, 0) is 38.9 Å². The van der Waals surface area contributed by atoms with E-state index in [0.717, 1.165) is 31.6 Å². The molecule has 1 aliphatic rings. The van der Waals surface area contributed by atoms with E-state index in [0.29, 0.717) is 32.6 Å². The highest BCUT2D eigenvalue weighted by Gasteiger charge is 2.22. The summed E-state index contributed by atoms with van der Waals surface area (Å²) in [6, 6.07) is -0.577. The lowest BCUT2D eigenvalue weighted by Crippen LogP contribution is -2.47. The van der Waals surface area contributed by atoms with Crippen molar-refractivity contribution in [1.82, 2.24) is 26.6 Å². The maximum atomic E-state index is 12.5. The number of nitrogens with two attached hydrogens (primary N) is 1. The molecule has 8 nitrogen and oxygen atoms in total. The van der Waals surface area contributed by atoms with Crippen molar-refractivity contribution in [3.8, 4) is 0 Å². The highest BCUT2D eigenvalue weighted by Crippen LogP contribution is 2.13. The van der Waals surface area contributed by atoms with E-state index in [1.807, 2.05) is 6.20 Å². The number of carbonyl (C=O) groups is 2. The fraction of sp³-hybridized carbons (Fsp3) is 0.871. The quantitative estimate of drug-likeness (QED) is 0.0767. The summed E-state index contributed by atoms with van der Waals surface area (Å²) in [6.07, 6.45) is 26.4. The molecule has 8 heteroatoms. The van der Waals surface area contributed by atoms with Crippen molar-refractivity contribution in [2.75, 3.05) is 32.8 Å². The van der Waals surface area contributed by atoms with Gasteiger partial charge in [-0.25, -0.2) is 0 Å². The van der Waals surface area contributed by atoms with Crippen LogP contribution in [0.25, 0.3) is 0 Å². The summed E-state index contributed by atoms with van der Waals surface area (Å²) in [7, 11) is 0. The normalized spacial score (nSPS) is 13.4. The molecule has 1 heterocycles. The molecular weight excluding hydrogens is 488 g/mol. The molecule has 0 fully saturated rings. The van der Waals surface area contributed by atoms with Crippen LogP contribution in [0, 0.1) is 0 Å². The zero-order valence-corrected chi connectivity index (χ0v) is 25.2. The van der Waals surface area contributed by atoms with E-state index in [1.54, 1.807) is 0 Å². The highest BCUT2D eigenvalue weighted by atomic mass is 16.2. The van der Waals surface area contributed by atoms with Gasteiger partial charge in [0.15, 0.2) is 0 Å². The first kappa shape index (κ1) is 35.2. The molecule has 1 aliphatic heterocycles. The maximum Gasteiger partial charge on any atom is 0.242 e. The average molecular weight is 551 g/mol. The fourth-order valence-corrected chi connectivity index (χ4v) is 4.95. The molecule has 0 aromatic rings. The molecular formula is C31H62N6O2. The minimum Gasteiger partial charge on any atom is -0.372 e. The van der Waals surface area contributed by atoms with Gasteiger partial charge in [-0.3, -0.25) is 9.59 Å². The van der Waals surface area contributed by atoms with Gasteiger partial charge in [0, 0.05) is 31.3 Å². The van der Waals surface area contributed by atoms with Gasteiger partial charge in [0.1, 0.15) is 6.04 Å². The van der Waals surface area contributed by atoms with Crippen LogP contribution in [0.4, 0.5) is 0 Å². The molecule has 1 unspecified atom stereocenters. The van der Waals surface area contributed by atoms with Crippen molar-refractivity contribution in [2.24, 2.45) is 5.73 Å². The van der Waals surface area contributed by atoms with Crippen LogP contribution in [0.3, 0.4) is 0 Å². The molecule has 7 N–H and O–H groups in total. The Labute approximate surface area is 239 Å². The molecule has 0 radical (unpaired) electrons. The van der Waals surface area contributed by atoms with Crippen LogP contribution in [0.5, 0.6) is 0 Å². The molecule has 228 valence electrons. The van der Waals surface area contributed by atoms with E-state index < -0.39 is 6.04 Å². The Balaban J connectivity index is 1.93. The molecule has 0 aromatic carbocycles. The van der Waals surface area contributed by atoms with Gasteiger partial charge in [-0.1, -0.05) is 103 Å². The van der Waals surface area contributed by atoms with E-state index in [4.69, 9.17) is 5.73 Å². The van der Waals surface area contributed by atoms with E-state index in [2.05, 4.69) is 33.5 Å². The Kier molecular flexibility index (Phi) is 23.9. The number of hydrogen-bond acceptors (Lipinski definition) is 6. The molecule has 0 bridgehead atoms. The molecule has 0 saturated heterocycles. The SMILES string of the molecule is CCCCCCCCCCCCCCCCCCNCCCC(=O)NC(CC1=CNCN1)C(=O)NCCCN. The summed E-state index contributed by atoms with van der Waals surface area (Å²) in [5, 5.41) is 15.5. The molecule has 39 heavy (non-hydrogen) atoms.